The van der Waals surface area contributed by atoms with Crippen molar-refractivity contribution in [1.29, 1.82) is 0 Å². The summed E-state index contributed by atoms with van der Waals surface area (Å²) in [5.74, 6) is -2.30. The van der Waals surface area contributed by atoms with Gasteiger partial charge in [0.05, 0.1) is 13.0 Å². The summed E-state index contributed by atoms with van der Waals surface area (Å²) >= 11 is 0. The predicted octanol–water partition coefficient (Wildman–Crippen LogP) is 2.44. The number of hydrogen-bond acceptors (Lipinski definition) is 7. The van der Waals surface area contributed by atoms with E-state index in [0.717, 1.165) is 16.3 Å². The van der Waals surface area contributed by atoms with E-state index in [-0.39, 0.29) is 38.3 Å². The fraction of sp³-hybridized carbons (Fsp3) is 0.344. The SMILES string of the molecule is O=C1C[C@H](NC(=O)[C@@H]2CCCN3C(=O)CCC(NC(=O)c4cccc5ccccc45)C(=O)N23)C(OCc2ccccc2)O1. The summed E-state index contributed by atoms with van der Waals surface area (Å²) < 4.78 is 11.1. The number of benzene rings is 3. The zero-order valence-corrected chi connectivity index (χ0v) is 23.4. The van der Waals surface area contributed by atoms with Gasteiger partial charge in [-0.25, -0.2) is 5.01 Å². The lowest BCUT2D eigenvalue weighted by Crippen LogP contribution is -2.64. The van der Waals surface area contributed by atoms with Gasteiger partial charge in [0.1, 0.15) is 18.1 Å². The predicted molar refractivity (Wildman–Crippen MR) is 154 cm³/mol. The average molecular weight is 585 g/mol. The molecule has 11 nitrogen and oxygen atoms in total. The first-order chi connectivity index (χ1) is 20.9. The van der Waals surface area contributed by atoms with E-state index in [2.05, 4.69) is 10.6 Å². The number of nitrogens with zero attached hydrogens (tertiary/aromatic N) is 2. The van der Waals surface area contributed by atoms with E-state index < -0.39 is 48.1 Å². The fourth-order valence-corrected chi connectivity index (χ4v) is 5.90. The van der Waals surface area contributed by atoms with Crippen LogP contribution in [0.5, 0.6) is 0 Å². The van der Waals surface area contributed by atoms with E-state index in [9.17, 15) is 24.0 Å². The molecule has 4 amide bonds. The van der Waals surface area contributed by atoms with Gasteiger partial charge in [-0.05, 0) is 41.7 Å². The maximum atomic E-state index is 13.9. The summed E-state index contributed by atoms with van der Waals surface area (Å²) in [6, 6.07) is 19.4. The number of carbonyl (C=O) groups excluding carboxylic acids is 5. The normalized spacial score (nSPS) is 23.9. The number of ether oxygens (including phenoxy) is 2. The Morgan fingerprint density at radius 3 is 2.51 bits per heavy atom. The van der Waals surface area contributed by atoms with Crippen molar-refractivity contribution in [3.63, 3.8) is 0 Å². The standard InChI is InChI=1S/C32H32N4O7/c37-27-16-15-24(33-29(39)23-13-6-11-21-10-4-5-12-22(21)23)31(41)36-26(14-7-17-35(27)36)30(40)34-25-18-28(38)43-32(25)42-19-20-8-2-1-3-9-20/h1-6,8-13,24-26,32H,7,14-19H2,(H,33,39)(H,34,40)/t24?,25-,26-,32?/m0/s1. The topological polar surface area (TPSA) is 134 Å². The van der Waals surface area contributed by atoms with Crippen LogP contribution in [0.3, 0.4) is 0 Å². The minimum Gasteiger partial charge on any atom is -0.433 e. The van der Waals surface area contributed by atoms with Gasteiger partial charge in [0, 0.05) is 18.5 Å². The Morgan fingerprint density at radius 1 is 0.907 bits per heavy atom. The molecule has 3 heterocycles. The summed E-state index contributed by atoms with van der Waals surface area (Å²) in [4.78, 5) is 66.2. The smallest absolute Gasteiger partial charge is 0.310 e. The molecule has 3 saturated heterocycles. The third-order valence-corrected chi connectivity index (χ3v) is 8.05. The number of nitrogens with one attached hydrogen (secondary N) is 2. The summed E-state index contributed by atoms with van der Waals surface area (Å²) in [6.45, 7) is 0.464. The van der Waals surface area contributed by atoms with E-state index in [0.29, 0.717) is 18.4 Å². The lowest BCUT2D eigenvalue weighted by molar-refractivity contribution is -0.177. The van der Waals surface area contributed by atoms with Crippen LogP contribution in [-0.4, -0.2) is 70.6 Å². The van der Waals surface area contributed by atoms with Crippen molar-refractivity contribution in [2.24, 2.45) is 0 Å². The third kappa shape index (κ3) is 5.94. The van der Waals surface area contributed by atoms with Gasteiger partial charge in [-0.15, -0.1) is 0 Å². The molecule has 0 bridgehead atoms. The molecule has 222 valence electrons. The molecule has 0 aliphatic carbocycles. The molecule has 0 saturated carbocycles. The van der Waals surface area contributed by atoms with Crippen molar-refractivity contribution in [3.8, 4) is 0 Å². The average Bonchev–Trinajstić information content (AvgIpc) is 3.33. The third-order valence-electron chi connectivity index (χ3n) is 8.05. The molecule has 3 aromatic carbocycles. The highest BCUT2D eigenvalue weighted by atomic mass is 16.7. The van der Waals surface area contributed by atoms with E-state index in [1.165, 1.54) is 10.0 Å². The van der Waals surface area contributed by atoms with Gasteiger partial charge < -0.3 is 20.1 Å². The number of hydrogen-bond donors (Lipinski definition) is 2. The molecule has 2 N–H and O–H groups in total. The lowest BCUT2D eigenvalue weighted by Gasteiger charge is -2.43. The first-order valence-electron chi connectivity index (χ1n) is 14.5. The van der Waals surface area contributed by atoms with Gasteiger partial charge in [-0.1, -0.05) is 66.7 Å². The molecule has 3 aromatic rings. The maximum absolute atomic E-state index is 13.9. The van der Waals surface area contributed by atoms with E-state index in [4.69, 9.17) is 9.47 Å². The molecule has 2 unspecified atom stereocenters. The first kappa shape index (κ1) is 28.4. The van der Waals surface area contributed by atoms with Gasteiger partial charge >= 0.3 is 5.97 Å². The van der Waals surface area contributed by atoms with Gasteiger partial charge in [-0.2, -0.15) is 0 Å². The molecule has 0 spiro atoms. The first-order valence-corrected chi connectivity index (χ1v) is 14.5. The highest BCUT2D eigenvalue weighted by molar-refractivity contribution is 6.08. The molecule has 4 atom stereocenters. The number of hydrazine groups is 1. The van der Waals surface area contributed by atoms with Crippen molar-refractivity contribution < 1.29 is 33.4 Å². The van der Waals surface area contributed by atoms with Crippen molar-refractivity contribution in [1.82, 2.24) is 20.7 Å². The Bertz CT molecular complexity index is 1560. The van der Waals surface area contributed by atoms with Gasteiger partial charge in [0.25, 0.3) is 11.8 Å². The number of cyclic esters (lactones) is 1. The molecule has 0 radical (unpaired) electrons. The van der Waals surface area contributed by atoms with Gasteiger partial charge in [0.2, 0.25) is 18.1 Å². The van der Waals surface area contributed by atoms with Crippen LogP contribution in [0.25, 0.3) is 10.8 Å². The number of amides is 4. The van der Waals surface area contributed by atoms with E-state index in [1.54, 1.807) is 12.1 Å². The second-order valence-electron chi connectivity index (χ2n) is 10.9. The highest BCUT2D eigenvalue weighted by Crippen LogP contribution is 2.27. The number of esters is 1. The van der Waals surface area contributed by atoms with Crippen LogP contribution in [-0.2, 0) is 35.3 Å². The quantitative estimate of drug-likeness (QED) is 0.408. The van der Waals surface area contributed by atoms with Crippen LogP contribution in [0.1, 0.15) is 48.0 Å². The van der Waals surface area contributed by atoms with Crippen molar-refractivity contribution in [2.45, 2.75) is 63.1 Å². The van der Waals surface area contributed by atoms with Crippen LogP contribution >= 0.6 is 0 Å². The minimum absolute atomic E-state index is 0.0391. The van der Waals surface area contributed by atoms with Gasteiger partial charge in [0.15, 0.2) is 0 Å². The van der Waals surface area contributed by atoms with E-state index >= 15 is 0 Å². The molecule has 3 fully saturated rings. The number of carbonyl (C=O) groups is 5. The van der Waals surface area contributed by atoms with Crippen molar-refractivity contribution >= 4 is 40.4 Å². The number of rotatable bonds is 7. The highest BCUT2D eigenvalue weighted by Gasteiger charge is 2.46. The second-order valence-corrected chi connectivity index (χ2v) is 10.9. The zero-order valence-electron chi connectivity index (χ0n) is 23.4. The Kier molecular flexibility index (Phi) is 8.06. The van der Waals surface area contributed by atoms with Crippen LogP contribution < -0.4 is 10.6 Å². The van der Waals surface area contributed by atoms with E-state index in [1.807, 2.05) is 60.7 Å². The molecular weight excluding hydrogens is 552 g/mol. The molecule has 6 rings (SSSR count). The summed E-state index contributed by atoms with van der Waals surface area (Å²) in [7, 11) is 0. The molecule has 11 heteroatoms. The van der Waals surface area contributed by atoms with Crippen molar-refractivity contribution in [2.75, 3.05) is 6.54 Å². The Labute approximate surface area is 248 Å². The Balaban J connectivity index is 1.18. The lowest BCUT2D eigenvalue weighted by atomic mass is 10.0. The largest absolute Gasteiger partial charge is 0.433 e. The van der Waals surface area contributed by atoms with Crippen LogP contribution in [0.2, 0.25) is 0 Å². The summed E-state index contributed by atoms with van der Waals surface area (Å²) in [5.41, 5.74) is 1.29. The van der Waals surface area contributed by atoms with Crippen LogP contribution in [0.4, 0.5) is 0 Å². The Hall–Kier alpha value is -4.77. The van der Waals surface area contributed by atoms with Gasteiger partial charge in [-0.3, -0.25) is 29.0 Å². The molecule has 3 aliphatic rings. The summed E-state index contributed by atoms with van der Waals surface area (Å²) in [5, 5.41) is 9.79. The van der Waals surface area contributed by atoms with Crippen molar-refractivity contribution in [3.05, 3.63) is 83.9 Å². The second kappa shape index (κ2) is 12.2. The van der Waals surface area contributed by atoms with Crippen LogP contribution in [0.15, 0.2) is 72.8 Å². The number of fused-ring (bicyclic) bond motifs is 2. The summed E-state index contributed by atoms with van der Waals surface area (Å²) in [6.07, 6.45) is -0.117. The monoisotopic (exact) mass is 584 g/mol. The molecular formula is C32H32N4O7. The van der Waals surface area contributed by atoms with Crippen LogP contribution in [0, 0.1) is 0 Å². The Morgan fingerprint density at radius 2 is 1.67 bits per heavy atom. The maximum Gasteiger partial charge on any atom is 0.310 e. The molecule has 3 aliphatic heterocycles. The fourth-order valence-electron chi connectivity index (χ4n) is 5.90. The molecule has 43 heavy (non-hydrogen) atoms. The molecule has 0 aromatic heterocycles. The minimum atomic E-state index is -1.01. The zero-order chi connectivity index (χ0) is 29.9.